The van der Waals surface area contributed by atoms with E-state index in [1.807, 2.05) is 13.8 Å². The van der Waals surface area contributed by atoms with E-state index in [-0.39, 0.29) is 17.6 Å². The molecule has 0 unspecified atom stereocenters. The maximum atomic E-state index is 12.7. The van der Waals surface area contributed by atoms with Gasteiger partial charge in [-0.05, 0) is 67.2 Å². The lowest BCUT2D eigenvalue weighted by atomic mass is 9.50. The van der Waals surface area contributed by atoms with Gasteiger partial charge in [0.1, 0.15) is 5.75 Å². The van der Waals surface area contributed by atoms with Crippen molar-refractivity contribution in [2.24, 2.45) is 11.3 Å². The molecule has 3 rings (SSSR count). The van der Waals surface area contributed by atoms with Gasteiger partial charge in [-0.15, -0.1) is 0 Å². The molecule has 0 aliphatic heterocycles. The summed E-state index contributed by atoms with van der Waals surface area (Å²) >= 11 is 0. The second-order valence-corrected chi connectivity index (χ2v) is 9.61. The van der Waals surface area contributed by atoms with Crippen LogP contribution in [0.1, 0.15) is 50.7 Å². The third-order valence-corrected chi connectivity index (χ3v) is 7.45. The van der Waals surface area contributed by atoms with E-state index in [1.54, 1.807) is 6.07 Å². The molecule has 9 heteroatoms. The number of alkyl halides is 3. The second-order valence-electron chi connectivity index (χ2n) is 8.07. The predicted molar refractivity (Wildman–Crippen MR) is 95.2 cm³/mol. The second kappa shape index (κ2) is 6.64. The molecule has 0 heterocycles. The number of aryl methyl sites for hydroxylation is 1. The Morgan fingerprint density at radius 3 is 2.50 bits per heavy atom. The van der Waals surface area contributed by atoms with Crippen molar-refractivity contribution in [2.75, 3.05) is 7.11 Å². The fraction of sp³-hybridized carbons (Fsp3) is 0.632. The Kier molecular flexibility index (Phi) is 4.97. The summed E-state index contributed by atoms with van der Waals surface area (Å²) in [4.78, 5) is 12.5. The summed E-state index contributed by atoms with van der Waals surface area (Å²) in [6, 6.07) is 4.24. The predicted octanol–water partition coefficient (Wildman–Crippen LogP) is 4.10. The molecule has 1 aromatic rings. The summed E-state index contributed by atoms with van der Waals surface area (Å²) < 4.78 is 70.1. The van der Waals surface area contributed by atoms with E-state index in [4.69, 9.17) is 4.74 Å². The smallest absolute Gasteiger partial charge is 0.469 e. The van der Waals surface area contributed by atoms with Crippen molar-refractivity contribution in [2.45, 2.75) is 56.9 Å². The van der Waals surface area contributed by atoms with Crippen LogP contribution < -0.4 is 4.18 Å². The topological polar surface area (TPSA) is 69.7 Å². The minimum atomic E-state index is -5.74. The van der Waals surface area contributed by atoms with Crippen molar-refractivity contribution in [1.29, 1.82) is 0 Å². The molecule has 0 spiro atoms. The fourth-order valence-electron chi connectivity index (χ4n) is 5.14. The zero-order valence-corrected chi connectivity index (χ0v) is 16.7. The van der Waals surface area contributed by atoms with Gasteiger partial charge in [0.05, 0.1) is 12.5 Å². The zero-order valence-electron chi connectivity index (χ0n) is 15.9. The monoisotopic (exact) mass is 420 g/mol. The third kappa shape index (κ3) is 3.17. The molecule has 28 heavy (non-hydrogen) atoms. The molecule has 156 valence electrons. The zero-order chi connectivity index (χ0) is 21.0. The highest BCUT2D eigenvalue weighted by Crippen LogP contribution is 2.58. The molecule has 1 saturated carbocycles. The van der Waals surface area contributed by atoms with Gasteiger partial charge in [0.2, 0.25) is 0 Å². The van der Waals surface area contributed by atoms with Crippen LogP contribution in [0.5, 0.6) is 5.75 Å². The molecule has 5 nitrogen and oxygen atoms in total. The summed E-state index contributed by atoms with van der Waals surface area (Å²) in [5.41, 5.74) is -5.01. The van der Waals surface area contributed by atoms with Crippen molar-refractivity contribution in [3.05, 3.63) is 29.3 Å². The molecule has 2 aliphatic rings. The number of esters is 1. The lowest BCUT2D eigenvalue weighted by Crippen LogP contribution is -2.52. The van der Waals surface area contributed by atoms with Crippen LogP contribution >= 0.6 is 0 Å². The highest BCUT2D eigenvalue weighted by Gasteiger charge is 2.56. The number of rotatable bonds is 3. The SMILES string of the molecule is COC(=O)[C@]1(C)CCC[C@@]2(C)c3cc(OS(=O)(=O)C(F)(F)F)ccc3CC[C@H]12. The maximum absolute atomic E-state index is 12.7. The number of fused-ring (bicyclic) bond motifs is 3. The molecule has 0 amide bonds. The minimum absolute atomic E-state index is 0.0665. The van der Waals surface area contributed by atoms with Crippen molar-refractivity contribution in [3.8, 4) is 5.75 Å². The van der Waals surface area contributed by atoms with Gasteiger partial charge in [0.15, 0.2) is 0 Å². The highest BCUT2D eigenvalue weighted by molar-refractivity contribution is 7.88. The Hall–Kier alpha value is -1.77. The van der Waals surface area contributed by atoms with Crippen LogP contribution in [0.4, 0.5) is 13.2 Å². The number of ether oxygens (including phenoxy) is 1. The van der Waals surface area contributed by atoms with Gasteiger partial charge >= 0.3 is 21.6 Å². The van der Waals surface area contributed by atoms with Crippen LogP contribution in [0.15, 0.2) is 18.2 Å². The Morgan fingerprint density at radius 2 is 1.89 bits per heavy atom. The normalized spacial score (nSPS) is 30.1. The molecule has 0 saturated heterocycles. The third-order valence-electron chi connectivity index (χ3n) is 6.47. The van der Waals surface area contributed by atoms with E-state index < -0.39 is 26.5 Å². The van der Waals surface area contributed by atoms with Crippen molar-refractivity contribution >= 4 is 16.1 Å². The van der Waals surface area contributed by atoms with E-state index in [1.165, 1.54) is 19.2 Å². The van der Waals surface area contributed by atoms with Crippen molar-refractivity contribution < 1.29 is 35.3 Å². The fourth-order valence-corrected chi connectivity index (χ4v) is 5.59. The number of carbonyl (C=O) groups is 1. The van der Waals surface area contributed by atoms with Gasteiger partial charge in [0.25, 0.3) is 0 Å². The van der Waals surface area contributed by atoms with E-state index in [0.29, 0.717) is 12.8 Å². The molecular formula is C19H23F3O5S. The molecule has 1 aromatic carbocycles. The number of carbonyl (C=O) groups excluding carboxylic acids is 1. The van der Waals surface area contributed by atoms with Crippen molar-refractivity contribution in [3.63, 3.8) is 0 Å². The van der Waals surface area contributed by atoms with Gasteiger partial charge in [0, 0.05) is 0 Å². The van der Waals surface area contributed by atoms with Crippen LogP contribution in [-0.2, 0) is 31.5 Å². The Morgan fingerprint density at radius 1 is 1.21 bits per heavy atom. The molecule has 0 radical (unpaired) electrons. The van der Waals surface area contributed by atoms with Gasteiger partial charge in [-0.2, -0.15) is 21.6 Å². The van der Waals surface area contributed by atoms with Gasteiger partial charge in [-0.25, -0.2) is 0 Å². The number of benzene rings is 1. The molecule has 3 atom stereocenters. The van der Waals surface area contributed by atoms with Gasteiger partial charge < -0.3 is 8.92 Å². The summed E-state index contributed by atoms with van der Waals surface area (Å²) in [6.45, 7) is 3.86. The Balaban J connectivity index is 2.04. The molecule has 0 aromatic heterocycles. The van der Waals surface area contributed by atoms with Gasteiger partial charge in [-0.1, -0.05) is 19.4 Å². The number of methoxy groups -OCH3 is 1. The first-order valence-electron chi connectivity index (χ1n) is 9.08. The minimum Gasteiger partial charge on any atom is -0.469 e. The van der Waals surface area contributed by atoms with Crippen molar-refractivity contribution in [1.82, 2.24) is 0 Å². The standard InChI is InChI=1S/C19H23F3O5S/c1-17-9-4-10-18(2,16(23)26-3)15(17)8-6-12-5-7-13(11-14(12)17)27-28(24,25)19(20,21)22/h5,7,11,15H,4,6,8-10H2,1-3H3/t15-,17-,18+/m0/s1. The van der Waals surface area contributed by atoms with Crippen LogP contribution in [0, 0.1) is 11.3 Å². The van der Waals surface area contributed by atoms with Crippen LogP contribution in [-0.4, -0.2) is 27.0 Å². The first-order valence-corrected chi connectivity index (χ1v) is 10.5. The summed E-state index contributed by atoms with van der Waals surface area (Å²) in [7, 11) is -4.39. The summed E-state index contributed by atoms with van der Waals surface area (Å²) in [6.07, 6.45) is 3.56. The molecule has 0 N–H and O–H groups in total. The van der Waals surface area contributed by atoms with E-state index in [9.17, 15) is 26.4 Å². The largest absolute Gasteiger partial charge is 0.534 e. The van der Waals surface area contributed by atoms with Crippen LogP contribution in [0.3, 0.4) is 0 Å². The molecular weight excluding hydrogens is 397 g/mol. The lowest BCUT2D eigenvalue weighted by Gasteiger charge is -2.54. The number of halogens is 3. The first-order chi connectivity index (χ1) is 12.8. The van der Waals surface area contributed by atoms with E-state index in [0.717, 1.165) is 30.4 Å². The number of hydrogen-bond donors (Lipinski definition) is 0. The first kappa shape index (κ1) is 21.0. The average Bonchev–Trinajstić information content (AvgIpc) is 2.60. The molecule has 1 fully saturated rings. The Bertz CT molecular complexity index is 895. The highest BCUT2D eigenvalue weighted by atomic mass is 32.2. The molecule has 0 bridgehead atoms. The molecule has 2 aliphatic carbocycles. The van der Waals surface area contributed by atoms with E-state index in [2.05, 4.69) is 4.18 Å². The average molecular weight is 420 g/mol. The maximum Gasteiger partial charge on any atom is 0.534 e. The quantitative estimate of drug-likeness (QED) is 0.418. The van der Waals surface area contributed by atoms with Crippen LogP contribution in [0.2, 0.25) is 0 Å². The Labute approximate surface area is 162 Å². The summed E-state index contributed by atoms with van der Waals surface area (Å²) in [5.74, 6) is -0.731. The lowest BCUT2D eigenvalue weighted by molar-refractivity contribution is -0.161. The number of hydrogen-bond acceptors (Lipinski definition) is 5. The van der Waals surface area contributed by atoms with E-state index >= 15 is 0 Å². The van der Waals surface area contributed by atoms with Crippen LogP contribution in [0.25, 0.3) is 0 Å². The summed E-state index contributed by atoms with van der Waals surface area (Å²) in [5, 5.41) is 0. The van der Waals surface area contributed by atoms with Gasteiger partial charge in [-0.3, -0.25) is 4.79 Å².